The van der Waals surface area contributed by atoms with E-state index in [1.54, 1.807) is 24.1 Å². The number of nitrogens with one attached hydrogen (secondary N) is 1. The van der Waals surface area contributed by atoms with E-state index in [2.05, 4.69) is 15.5 Å². The smallest absolute Gasteiger partial charge is 0.141 e. The van der Waals surface area contributed by atoms with Crippen molar-refractivity contribution in [1.29, 1.82) is 0 Å². The van der Waals surface area contributed by atoms with Crippen LogP contribution in [0.15, 0.2) is 30.9 Å². The Hall–Kier alpha value is -1.79. The molecule has 0 aromatic carbocycles. The first-order chi connectivity index (χ1) is 7.70. The van der Waals surface area contributed by atoms with Crippen molar-refractivity contribution >= 4 is 0 Å². The zero-order chi connectivity index (χ0) is 11.5. The second-order valence-electron chi connectivity index (χ2n) is 3.48. The standard InChI is InChI=1S/C10H12FN5/c1-16-6-8(4-14-16)10(15-12)7-2-9(11)5-13-3-7/h2-6,10,15H,12H2,1H3. The number of halogens is 1. The van der Waals surface area contributed by atoms with Crippen molar-refractivity contribution in [2.24, 2.45) is 12.9 Å². The molecular weight excluding hydrogens is 209 g/mol. The maximum Gasteiger partial charge on any atom is 0.141 e. The van der Waals surface area contributed by atoms with Gasteiger partial charge in [0, 0.05) is 25.0 Å². The average molecular weight is 221 g/mol. The van der Waals surface area contributed by atoms with Crippen LogP contribution in [0.4, 0.5) is 4.39 Å². The van der Waals surface area contributed by atoms with Gasteiger partial charge < -0.3 is 0 Å². The fourth-order valence-corrected chi connectivity index (χ4v) is 1.56. The number of nitrogens with two attached hydrogens (primary N) is 1. The Morgan fingerprint density at radius 2 is 2.19 bits per heavy atom. The summed E-state index contributed by atoms with van der Waals surface area (Å²) in [6.07, 6.45) is 6.21. The molecule has 84 valence electrons. The lowest BCUT2D eigenvalue weighted by Crippen LogP contribution is -2.28. The van der Waals surface area contributed by atoms with Gasteiger partial charge in [-0.15, -0.1) is 0 Å². The molecule has 2 aromatic rings. The van der Waals surface area contributed by atoms with Crippen molar-refractivity contribution < 1.29 is 4.39 Å². The minimum Gasteiger partial charge on any atom is -0.275 e. The quantitative estimate of drug-likeness (QED) is 0.585. The van der Waals surface area contributed by atoms with Crippen LogP contribution in [0, 0.1) is 5.82 Å². The summed E-state index contributed by atoms with van der Waals surface area (Å²) in [5, 5.41) is 4.04. The van der Waals surface area contributed by atoms with E-state index in [4.69, 9.17) is 5.84 Å². The third-order valence-corrected chi connectivity index (χ3v) is 2.28. The lowest BCUT2D eigenvalue weighted by Gasteiger charge is -2.13. The van der Waals surface area contributed by atoms with E-state index in [-0.39, 0.29) is 11.9 Å². The van der Waals surface area contributed by atoms with Gasteiger partial charge in [0.1, 0.15) is 5.82 Å². The molecule has 0 fully saturated rings. The van der Waals surface area contributed by atoms with Crippen LogP contribution in [0.3, 0.4) is 0 Å². The molecule has 0 saturated carbocycles. The lowest BCUT2D eigenvalue weighted by atomic mass is 10.0. The average Bonchev–Trinajstić information content (AvgIpc) is 2.66. The first-order valence-electron chi connectivity index (χ1n) is 4.76. The zero-order valence-corrected chi connectivity index (χ0v) is 8.76. The number of hydrogen-bond acceptors (Lipinski definition) is 4. The van der Waals surface area contributed by atoms with Crippen molar-refractivity contribution in [2.75, 3.05) is 0 Å². The van der Waals surface area contributed by atoms with Crippen LogP contribution in [0.5, 0.6) is 0 Å². The molecule has 0 aliphatic heterocycles. The summed E-state index contributed by atoms with van der Waals surface area (Å²) in [5.74, 6) is 5.07. The van der Waals surface area contributed by atoms with Crippen molar-refractivity contribution in [3.63, 3.8) is 0 Å². The van der Waals surface area contributed by atoms with Crippen LogP contribution in [0.25, 0.3) is 0 Å². The largest absolute Gasteiger partial charge is 0.275 e. The highest BCUT2D eigenvalue weighted by molar-refractivity contribution is 5.26. The van der Waals surface area contributed by atoms with Gasteiger partial charge in [-0.25, -0.2) is 9.82 Å². The second-order valence-corrected chi connectivity index (χ2v) is 3.48. The van der Waals surface area contributed by atoms with Crippen LogP contribution < -0.4 is 11.3 Å². The van der Waals surface area contributed by atoms with Crippen molar-refractivity contribution in [2.45, 2.75) is 6.04 Å². The highest BCUT2D eigenvalue weighted by Gasteiger charge is 2.14. The van der Waals surface area contributed by atoms with E-state index in [0.29, 0.717) is 5.56 Å². The van der Waals surface area contributed by atoms with Gasteiger partial charge >= 0.3 is 0 Å². The molecule has 3 N–H and O–H groups in total. The Kier molecular flexibility index (Phi) is 2.93. The number of aryl methyl sites for hydroxylation is 1. The predicted molar refractivity (Wildman–Crippen MR) is 56.6 cm³/mol. The Morgan fingerprint density at radius 1 is 1.38 bits per heavy atom. The van der Waals surface area contributed by atoms with Crippen molar-refractivity contribution in [3.05, 3.63) is 47.8 Å². The number of nitrogens with zero attached hydrogens (tertiary/aromatic N) is 3. The maximum atomic E-state index is 13.0. The van der Waals surface area contributed by atoms with E-state index < -0.39 is 0 Å². The molecule has 1 atom stereocenters. The molecule has 0 aliphatic carbocycles. The molecule has 0 amide bonds. The van der Waals surface area contributed by atoms with Gasteiger partial charge in [0.15, 0.2) is 0 Å². The van der Waals surface area contributed by atoms with Crippen LogP contribution >= 0.6 is 0 Å². The summed E-state index contributed by atoms with van der Waals surface area (Å²) >= 11 is 0. The van der Waals surface area contributed by atoms with Gasteiger partial charge in [-0.3, -0.25) is 15.5 Å². The summed E-state index contributed by atoms with van der Waals surface area (Å²) in [7, 11) is 1.81. The Bertz CT molecular complexity index is 482. The molecule has 0 aliphatic rings. The van der Waals surface area contributed by atoms with Crippen LogP contribution in [-0.2, 0) is 7.05 Å². The fourth-order valence-electron chi connectivity index (χ4n) is 1.56. The molecule has 2 aromatic heterocycles. The Morgan fingerprint density at radius 3 is 2.75 bits per heavy atom. The summed E-state index contributed by atoms with van der Waals surface area (Å²) < 4.78 is 14.7. The van der Waals surface area contributed by atoms with E-state index in [1.807, 2.05) is 6.20 Å². The number of aromatic nitrogens is 3. The van der Waals surface area contributed by atoms with Gasteiger partial charge in [-0.2, -0.15) is 5.10 Å². The maximum absolute atomic E-state index is 13.0. The molecule has 0 radical (unpaired) electrons. The summed E-state index contributed by atoms with van der Waals surface area (Å²) in [6.45, 7) is 0. The van der Waals surface area contributed by atoms with Crippen LogP contribution in [0.1, 0.15) is 17.2 Å². The predicted octanol–water partition coefficient (Wildman–Crippen LogP) is 0.507. The fraction of sp³-hybridized carbons (Fsp3) is 0.200. The molecule has 6 heteroatoms. The molecule has 0 bridgehead atoms. The summed E-state index contributed by atoms with van der Waals surface area (Å²) in [4.78, 5) is 3.79. The summed E-state index contributed by atoms with van der Waals surface area (Å²) in [6, 6.07) is 1.08. The second kappa shape index (κ2) is 4.38. The van der Waals surface area contributed by atoms with Gasteiger partial charge in [0.05, 0.1) is 18.4 Å². The molecule has 2 rings (SSSR count). The summed E-state index contributed by atoms with van der Waals surface area (Å²) in [5.41, 5.74) is 4.14. The normalized spacial score (nSPS) is 12.7. The number of hydrogen-bond donors (Lipinski definition) is 2. The zero-order valence-electron chi connectivity index (χ0n) is 8.76. The highest BCUT2D eigenvalue weighted by atomic mass is 19.1. The molecule has 0 spiro atoms. The monoisotopic (exact) mass is 221 g/mol. The molecule has 0 saturated heterocycles. The minimum absolute atomic E-state index is 0.308. The Balaban J connectivity index is 2.36. The molecule has 1 unspecified atom stereocenters. The highest BCUT2D eigenvalue weighted by Crippen LogP contribution is 2.20. The third-order valence-electron chi connectivity index (χ3n) is 2.28. The number of rotatable bonds is 3. The number of hydrazine groups is 1. The Labute approximate surface area is 92.1 Å². The first-order valence-corrected chi connectivity index (χ1v) is 4.76. The SMILES string of the molecule is Cn1cc(C(NN)c2cncc(F)c2)cn1. The number of pyridine rings is 1. The molecule has 16 heavy (non-hydrogen) atoms. The van der Waals surface area contributed by atoms with Crippen LogP contribution in [-0.4, -0.2) is 14.8 Å². The van der Waals surface area contributed by atoms with Crippen molar-refractivity contribution in [3.8, 4) is 0 Å². The first kappa shape index (κ1) is 10.7. The lowest BCUT2D eigenvalue weighted by molar-refractivity contribution is 0.597. The van der Waals surface area contributed by atoms with E-state index in [0.717, 1.165) is 11.8 Å². The van der Waals surface area contributed by atoms with E-state index in [1.165, 1.54) is 6.07 Å². The third kappa shape index (κ3) is 2.07. The van der Waals surface area contributed by atoms with Gasteiger partial charge in [-0.1, -0.05) is 0 Å². The molecule has 2 heterocycles. The topological polar surface area (TPSA) is 68.8 Å². The van der Waals surface area contributed by atoms with E-state index >= 15 is 0 Å². The van der Waals surface area contributed by atoms with Gasteiger partial charge in [-0.05, 0) is 11.6 Å². The minimum atomic E-state index is -0.387. The van der Waals surface area contributed by atoms with E-state index in [9.17, 15) is 4.39 Å². The molecule has 5 nitrogen and oxygen atoms in total. The van der Waals surface area contributed by atoms with Gasteiger partial charge in [0.2, 0.25) is 0 Å². The van der Waals surface area contributed by atoms with Gasteiger partial charge in [0.25, 0.3) is 0 Å². The van der Waals surface area contributed by atoms with Crippen LogP contribution in [0.2, 0.25) is 0 Å². The molecular formula is C10H12FN5. The van der Waals surface area contributed by atoms with Crippen molar-refractivity contribution in [1.82, 2.24) is 20.2 Å².